The summed E-state index contributed by atoms with van der Waals surface area (Å²) in [4.78, 5) is 12.7. The highest BCUT2D eigenvalue weighted by Crippen LogP contribution is 2.38. The van der Waals surface area contributed by atoms with Gasteiger partial charge in [-0.25, -0.2) is 13.2 Å². The lowest BCUT2D eigenvalue weighted by Crippen LogP contribution is -2.12. The summed E-state index contributed by atoms with van der Waals surface area (Å²) in [7, 11) is -3.76. The van der Waals surface area contributed by atoms with Crippen LogP contribution < -0.4 is 4.72 Å². The third kappa shape index (κ3) is 3.57. The summed E-state index contributed by atoms with van der Waals surface area (Å²) < 4.78 is 40.0. The zero-order valence-corrected chi connectivity index (χ0v) is 18.2. The molecule has 30 heavy (non-hydrogen) atoms. The van der Waals surface area contributed by atoms with Crippen LogP contribution in [0.15, 0.2) is 56.5 Å². The van der Waals surface area contributed by atoms with Crippen molar-refractivity contribution in [2.45, 2.75) is 30.9 Å². The number of carbonyl (C=O) groups is 1. The van der Waals surface area contributed by atoms with Gasteiger partial charge >= 0.3 is 5.97 Å². The Kier molecular flexibility index (Phi) is 5.53. The van der Waals surface area contributed by atoms with Crippen molar-refractivity contribution in [3.63, 3.8) is 0 Å². The first-order valence-corrected chi connectivity index (χ1v) is 12.0. The van der Waals surface area contributed by atoms with Gasteiger partial charge in [0.05, 0.1) is 12.3 Å². The molecule has 0 unspecified atom stereocenters. The molecular weight excluding hydrogens is 422 g/mol. The maximum absolute atomic E-state index is 12.9. The molecule has 2 heterocycles. The zero-order chi connectivity index (χ0) is 21.3. The largest absolute Gasteiger partial charge is 0.462 e. The van der Waals surface area contributed by atoms with E-state index >= 15 is 0 Å². The van der Waals surface area contributed by atoms with Crippen molar-refractivity contribution in [2.75, 3.05) is 11.3 Å². The van der Waals surface area contributed by atoms with Gasteiger partial charge in [0, 0.05) is 22.6 Å². The monoisotopic (exact) mass is 443 g/mol. The number of hydrogen-bond donors (Lipinski definition) is 1. The van der Waals surface area contributed by atoms with E-state index in [2.05, 4.69) is 4.72 Å². The molecule has 0 atom stereocenters. The minimum absolute atomic E-state index is 0.219. The van der Waals surface area contributed by atoms with Gasteiger partial charge in [-0.3, -0.25) is 4.72 Å². The Morgan fingerprint density at radius 2 is 1.87 bits per heavy atom. The number of aryl methyl sites for hydroxylation is 1. The summed E-state index contributed by atoms with van der Waals surface area (Å²) >= 11 is 1.14. The zero-order valence-electron chi connectivity index (χ0n) is 16.6. The molecule has 0 radical (unpaired) electrons. The van der Waals surface area contributed by atoms with Crippen LogP contribution in [0.2, 0.25) is 0 Å². The summed E-state index contributed by atoms with van der Waals surface area (Å²) in [6.45, 7) is 3.99. The highest BCUT2D eigenvalue weighted by atomic mass is 32.2. The summed E-state index contributed by atoms with van der Waals surface area (Å²) in [5.41, 5.74) is 1.30. The summed E-state index contributed by atoms with van der Waals surface area (Å²) in [5.74, 6) is 0.0800. The Morgan fingerprint density at radius 3 is 2.53 bits per heavy atom. The highest BCUT2D eigenvalue weighted by Gasteiger charge is 2.25. The Balaban J connectivity index is 1.98. The maximum Gasteiger partial charge on any atom is 0.342 e. The van der Waals surface area contributed by atoms with E-state index in [0.717, 1.165) is 23.1 Å². The number of nitrogens with one attached hydrogen (secondary N) is 1. The average Bonchev–Trinajstić information content (AvgIpc) is 3.37. The number of sulfonamides is 1. The molecule has 6 nitrogen and oxygen atoms in total. The van der Waals surface area contributed by atoms with Gasteiger partial charge in [-0.2, -0.15) is 0 Å². The van der Waals surface area contributed by atoms with Crippen LogP contribution in [0.1, 0.15) is 36.4 Å². The molecule has 0 spiro atoms. The van der Waals surface area contributed by atoms with Crippen LogP contribution in [0.4, 0.5) is 5.69 Å². The number of hydrogen-bond acceptors (Lipinski definition) is 6. The minimum atomic E-state index is -3.76. The summed E-state index contributed by atoms with van der Waals surface area (Å²) in [5, 5.41) is 3.67. The SMILES string of the molecule is CCCc1oc2c(cc(NS(=O)(=O)c3cccs3)c3ccccc32)c1C(=O)OCC. The molecule has 0 saturated heterocycles. The van der Waals surface area contributed by atoms with Gasteiger partial charge in [0.25, 0.3) is 10.0 Å². The maximum atomic E-state index is 12.9. The van der Waals surface area contributed by atoms with Crippen LogP contribution in [-0.4, -0.2) is 21.0 Å². The topological polar surface area (TPSA) is 85.6 Å². The van der Waals surface area contributed by atoms with Crippen molar-refractivity contribution < 1.29 is 22.4 Å². The third-order valence-electron chi connectivity index (χ3n) is 4.73. The molecule has 0 fully saturated rings. The van der Waals surface area contributed by atoms with E-state index in [1.165, 1.54) is 0 Å². The number of carbonyl (C=O) groups excluding carboxylic acids is 1. The second-order valence-corrected chi connectivity index (χ2v) is 9.61. The normalized spacial score (nSPS) is 11.8. The minimum Gasteiger partial charge on any atom is -0.462 e. The van der Waals surface area contributed by atoms with Crippen molar-refractivity contribution in [1.29, 1.82) is 0 Å². The van der Waals surface area contributed by atoms with Crippen molar-refractivity contribution in [1.82, 2.24) is 0 Å². The van der Waals surface area contributed by atoms with Crippen LogP contribution in [0, 0.1) is 0 Å². The first kappa shape index (κ1) is 20.4. The number of benzene rings is 2. The van der Waals surface area contributed by atoms with Crippen LogP contribution in [0.3, 0.4) is 0 Å². The lowest BCUT2D eigenvalue weighted by molar-refractivity contribution is 0.0526. The molecule has 4 rings (SSSR count). The first-order chi connectivity index (χ1) is 14.5. The van der Waals surface area contributed by atoms with Gasteiger partial charge in [0.1, 0.15) is 21.1 Å². The van der Waals surface area contributed by atoms with Gasteiger partial charge in [0.15, 0.2) is 0 Å². The van der Waals surface area contributed by atoms with Crippen molar-refractivity contribution in [3.05, 3.63) is 59.2 Å². The lowest BCUT2D eigenvalue weighted by Gasteiger charge is -2.11. The van der Waals surface area contributed by atoms with Crippen LogP contribution in [0.25, 0.3) is 21.7 Å². The smallest absolute Gasteiger partial charge is 0.342 e. The van der Waals surface area contributed by atoms with E-state index < -0.39 is 16.0 Å². The van der Waals surface area contributed by atoms with Crippen LogP contribution in [-0.2, 0) is 21.2 Å². The summed E-state index contributed by atoms with van der Waals surface area (Å²) in [6, 6.07) is 12.3. The van der Waals surface area contributed by atoms with E-state index in [0.29, 0.717) is 39.8 Å². The average molecular weight is 444 g/mol. The number of rotatable bonds is 7. The Morgan fingerprint density at radius 1 is 1.10 bits per heavy atom. The predicted octanol–water partition coefficient (Wildman–Crippen LogP) is 5.58. The lowest BCUT2D eigenvalue weighted by atomic mass is 10.0. The second kappa shape index (κ2) is 8.12. The van der Waals surface area contributed by atoms with Crippen molar-refractivity contribution in [3.8, 4) is 0 Å². The molecule has 8 heteroatoms. The molecule has 0 aliphatic carbocycles. The van der Waals surface area contributed by atoms with Crippen LogP contribution in [0.5, 0.6) is 0 Å². The predicted molar refractivity (Wildman–Crippen MR) is 119 cm³/mol. The van der Waals surface area contributed by atoms with Crippen LogP contribution >= 0.6 is 11.3 Å². The van der Waals surface area contributed by atoms with E-state index in [1.807, 2.05) is 31.2 Å². The second-order valence-electron chi connectivity index (χ2n) is 6.75. The molecule has 156 valence electrons. The number of furan rings is 1. The molecule has 2 aromatic carbocycles. The number of thiophene rings is 1. The molecular formula is C22H21NO5S2. The molecule has 2 aromatic heterocycles. The fraction of sp³-hybridized carbons (Fsp3) is 0.227. The van der Waals surface area contributed by atoms with E-state index in [1.54, 1.807) is 30.5 Å². The van der Waals surface area contributed by atoms with Gasteiger partial charge < -0.3 is 9.15 Å². The molecule has 0 aliphatic rings. The molecule has 1 N–H and O–H groups in total. The van der Waals surface area contributed by atoms with Crippen molar-refractivity contribution >= 4 is 54.8 Å². The molecule has 0 bridgehead atoms. The van der Waals surface area contributed by atoms with Crippen molar-refractivity contribution in [2.24, 2.45) is 0 Å². The Hall–Kier alpha value is -2.84. The molecule has 0 aliphatic heterocycles. The standard InChI is InChI=1S/C22H21NO5S2/c1-3-8-18-20(22(24)27-4-2)16-13-17(23-30(25,26)19-11-7-12-29-19)14-9-5-6-10-15(14)21(16)28-18/h5-7,9-13,23H,3-4,8H2,1-2H3. The van der Waals surface area contributed by atoms with E-state index in [-0.39, 0.29) is 10.8 Å². The molecule has 4 aromatic rings. The Bertz CT molecular complexity index is 1320. The number of fused-ring (bicyclic) bond motifs is 3. The highest BCUT2D eigenvalue weighted by molar-refractivity contribution is 7.94. The summed E-state index contributed by atoms with van der Waals surface area (Å²) in [6.07, 6.45) is 1.37. The van der Waals surface area contributed by atoms with Gasteiger partial charge in [-0.1, -0.05) is 37.3 Å². The fourth-order valence-corrected chi connectivity index (χ4v) is 5.56. The van der Waals surface area contributed by atoms with Gasteiger partial charge in [0.2, 0.25) is 0 Å². The van der Waals surface area contributed by atoms with E-state index in [9.17, 15) is 13.2 Å². The molecule has 0 amide bonds. The van der Waals surface area contributed by atoms with E-state index in [4.69, 9.17) is 9.15 Å². The third-order valence-corrected chi connectivity index (χ3v) is 7.49. The van der Waals surface area contributed by atoms with Gasteiger partial charge in [-0.05, 0) is 30.9 Å². The Labute approximate surface area is 178 Å². The quantitative estimate of drug-likeness (QED) is 0.377. The van der Waals surface area contributed by atoms with Gasteiger partial charge in [-0.15, -0.1) is 11.3 Å². The molecule has 0 saturated carbocycles. The fourth-order valence-electron chi connectivity index (χ4n) is 3.49. The first-order valence-electron chi connectivity index (χ1n) is 9.66. The number of esters is 1. The number of anilines is 1. The number of ether oxygens (including phenoxy) is 1.